The molecule has 5 nitrogen and oxygen atoms in total. The highest BCUT2D eigenvalue weighted by Gasteiger charge is 2.34. The van der Waals surface area contributed by atoms with Gasteiger partial charge in [0.25, 0.3) is 0 Å². The topological polar surface area (TPSA) is 76.2 Å². The molecule has 178 valence electrons. The molecule has 2 aromatic heterocycles. The van der Waals surface area contributed by atoms with Gasteiger partial charge < -0.3 is 9.52 Å². The molecular formula is C23H18F4N2O3S2. The number of aliphatic carboxylic acids is 1. The molecule has 2 aromatic carbocycles. The number of nitrogens with zero attached hydrogens (tertiary/aromatic N) is 2. The van der Waals surface area contributed by atoms with Gasteiger partial charge in [0.2, 0.25) is 0 Å². The summed E-state index contributed by atoms with van der Waals surface area (Å²) in [5.41, 5.74) is 1.86. The molecule has 0 aliphatic rings. The number of alkyl halides is 3. The minimum Gasteiger partial charge on any atom is -0.481 e. The monoisotopic (exact) mass is 510 g/mol. The van der Waals surface area contributed by atoms with Gasteiger partial charge in [-0.1, -0.05) is 12.1 Å². The number of carbonyl (C=O) groups is 1. The number of oxazole rings is 1. The average molecular weight is 511 g/mol. The summed E-state index contributed by atoms with van der Waals surface area (Å²) in [6, 6.07) is 6.53. The first-order valence-corrected chi connectivity index (χ1v) is 11.9. The maximum Gasteiger partial charge on any atom is 0.419 e. The lowest BCUT2D eigenvalue weighted by molar-refractivity contribution is -0.140. The van der Waals surface area contributed by atoms with Crippen LogP contribution in [0.15, 0.2) is 39.6 Å². The van der Waals surface area contributed by atoms with Gasteiger partial charge in [0.15, 0.2) is 11.5 Å². The zero-order valence-electron chi connectivity index (χ0n) is 18.0. The second-order valence-corrected chi connectivity index (χ2v) is 9.64. The van der Waals surface area contributed by atoms with Gasteiger partial charge in [-0.05, 0) is 37.6 Å². The fraction of sp³-hybridized carbons (Fsp3) is 0.261. The summed E-state index contributed by atoms with van der Waals surface area (Å²) in [4.78, 5) is 21.4. The number of hydrogen-bond acceptors (Lipinski definition) is 6. The molecule has 0 radical (unpaired) electrons. The number of carboxylic acid groups (broad SMARTS) is 1. The molecule has 0 bridgehead atoms. The van der Waals surface area contributed by atoms with Crippen molar-refractivity contribution < 1.29 is 31.9 Å². The minimum absolute atomic E-state index is 0.0817. The highest BCUT2D eigenvalue weighted by atomic mass is 32.2. The van der Waals surface area contributed by atoms with Crippen molar-refractivity contribution in [3.8, 4) is 10.6 Å². The molecule has 11 heteroatoms. The first-order valence-electron chi connectivity index (χ1n) is 10.1. The second kappa shape index (κ2) is 9.38. The summed E-state index contributed by atoms with van der Waals surface area (Å²) >= 11 is 2.79. The quantitative estimate of drug-likeness (QED) is 0.212. The molecular weight excluding hydrogens is 492 g/mol. The highest BCUT2D eigenvalue weighted by Crippen LogP contribution is 2.38. The van der Waals surface area contributed by atoms with Crippen LogP contribution in [-0.4, -0.2) is 21.0 Å². The number of thiazole rings is 1. The van der Waals surface area contributed by atoms with E-state index in [-0.39, 0.29) is 18.4 Å². The molecule has 2 heterocycles. The lowest BCUT2D eigenvalue weighted by Crippen LogP contribution is -2.07. The smallest absolute Gasteiger partial charge is 0.419 e. The van der Waals surface area contributed by atoms with E-state index in [0.29, 0.717) is 33.4 Å². The Kier molecular flexibility index (Phi) is 6.68. The number of rotatable bonds is 7. The molecule has 0 aliphatic heterocycles. The third-order valence-electron chi connectivity index (χ3n) is 5.07. The van der Waals surface area contributed by atoms with Gasteiger partial charge in [0.1, 0.15) is 16.3 Å². The van der Waals surface area contributed by atoms with Crippen LogP contribution in [0.3, 0.4) is 0 Å². The molecule has 0 saturated heterocycles. The van der Waals surface area contributed by atoms with Gasteiger partial charge in [-0.2, -0.15) is 13.2 Å². The number of carboxylic acids is 1. The van der Waals surface area contributed by atoms with Crippen molar-refractivity contribution >= 4 is 40.2 Å². The van der Waals surface area contributed by atoms with Crippen LogP contribution in [0.25, 0.3) is 21.7 Å². The summed E-state index contributed by atoms with van der Waals surface area (Å²) < 4.78 is 58.4. The number of aryl methyl sites for hydroxylation is 3. The maximum absolute atomic E-state index is 14.0. The van der Waals surface area contributed by atoms with Crippen molar-refractivity contribution in [2.75, 3.05) is 0 Å². The predicted octanol–water partition coefficient (Wildman–Crippen LogP) is 7.04. The Labute approximate surface area is 199 Å². The summed E-state index contributed by atoms with van der Waals surface area (Å²) in [7, 11) is 0. The maximum atomic E-state index is 14.0. The van der Waals surface area contributed by atoms with Crippen molar-refractivity contribution in [3.05, 3.63) is 63.7 Å². The van der Waals surface area contributed by atoms with Crippen LogP contribution in [0.2, 0.25) is 0 Å². The van der Waals surface area contributed by atoms with Crippen LogP contribution in [-0.2, 0) is 23.1 Å². The zero-order chi connectivity index (χ0) is 24.6. The van der Waals surface area contributed by atoms with Crippen molar-refractivity contribution in [2.24, 2.45) is 0 Å². The normalized spacial score (nSPS) is 11.9. The van der Waals surface area contributed by atoms with E-state index >= 15 is 0 Å². The Balaban J connectivity index is 1.56. The van der Waals surface area contributed by atoms with E-state index in [0.717, 1.165) is 27.5 Å². The molecule has 0 amide bonds. The number of thioether (sulfide) groups is 1. The van der Waals surface area contributed by atoms with Crippen LogP contribution in [0.5, 0.6) is 0 Å². The number of fused-ring (bicyclic) bond motifs is 1. The Bertz CT molecular complexity index is 1380. The highest BCUT2D eigenvalue weighted by molar-refractivity contribution is 7.99. The van der Waals surface area contributed by atoms with Crippen LogP contribution in [0.1, 0.15) is 34.0 Å². The SMILES string of the molecule is Cc1ccc2nc(CCC(=O)O)oc2c1SCc1sc(-c2ccc(C(F)(F)F)c(F)c2)nc1C. The van der Waals surface area contributed by atoms with E-state index in [9.17, 15) is 22.4 Å². The fourth-order valence-electron chi connectivity index (χ4n) is 3.31. The first-order chi connectivity index (χ1) is 16.0. The fourth-order valence-corrected chi connectivity index (χ4v) is 5.64. The van der Waals surface area contributed by atoms with E-state index < -0.39 is 23.5 Å². The molecule has 0 fully saturated rings. The number of aromatic nitrogens is 2. The van der Waals surface area contributed by atoms with E-state index in [2.05, 4.69) is 9.97 Å². The molecule has 0 unspecified atom stereocenters. The van der Waals surface area contributed by atoms with Gasteiger partial charge in [0, 0.05) is 22.6 Å². The molecule has 1 N–H and O–H groups in total. The zero-order valence-corrected chi connectivity index (χ0v) is 19.6. The third-order valence-corrected chi connectivity index (χ3v) is 7.69. The molecule has 34 heavy (non-hydrogen) atoms. The molecule has 0 atom stereocenters. The van der Waals surface area contributed by atoms with E-state index in [1.165, 1.54) is 29.2 Å². The third kappa shape index (κ3) is 5.10. The number of hydrogen-bond donors (Lipinski definition) is 1. The molecule has 4 aromatic rings. The first kappa shape index (κ1) is 24.2. The van der Waals surface area contributed by atoms with Gasteiger partial charge in [-0.25, -0.2) is 14.4 Å². The van der Waals surface area contributed by atoms with Crippen molar-refractivity contribution in [2.45, 2.75) is 43.5 Å². The summed E-state index contributed by atoms with van der Waals surface area (Å²) in [6.07, 6.45) is -4.65. The Morgan fingerprint density at radius 3 is 2.62 bits per heavy atom. The van der Waals surface area contributed by atoms with Crippen LogP contribution >= 0.6 is 23.1 Å². The van der Waals surface area contributed by atoms with Gasteiger partial charge >= 0.3 is 12.1 Å². The van der Waals surface area contributed by atoms with Crippen LogP contribution in [0, 0.1) is 19.7 Å². The van der Waals surface area contributed by atoms with Crippen LogP contribution in [0.4, 0.5) is 17.6 Å². The van der Waals surface area contributed by atoms with Crippen molar-refractivity contribution in [1.82, 2.24) is 9.97 Å². The largest absolute Gasteiger partial charge is 0.481 e. The predicted molar refractivity (Wildman–Crippen MR) is 122 cm³/mol. The summed E-state index contributed by atoms with van der Waals surface area (Å²) in [6.45, 7) is 3.72. The van der Waals surface area contributed by atoms with E-state index in [1.807, 2.05) is 19.1 Å². The van der Waals surface area contributed by atoms with E-state index in [4.69, 9.17) is 9.52 Å². The van der Waals surface area contributed by atoms with Crippen LogP contribution < -0.4 is 0 Å². The second-order valence-electron chi connectivity index (χ2n) is 7.57. The lowest BCUT2D eigenvalue weighted by atomic mass is 10.1. The number of benzene rings is 2. The van der Waals surface area contributed by atoms with E-state index in [1.54, 1.807) is 6.92 Å². The average Bonchev–Trinajstić information content (AvgIpc) is 3.34. The van der Waals surface area contributed by atoms with Gasteiger partial charge in [-0.15, -0.1) is 23.1 Å². The van der Waals surface area contributed by atoms with Gasteiger partial charge in [0.05, 0.1) is 22.6 Å². The Morgan fingerprint density at radius 2 is 1.94 bits per heavy atom. The molecule has 0 aliphatic carbocycles. The standard InChI is InChI=1S/C23H18F4N2O3S2/c1-11-3-6-16-20(32-18(29-16)7-8-19(30)31)21(11)33-10-17-12(2)28-22(34-17)13-4-5-14(15(24)9-13)23(25,26)27/h3-6,9H,7-8,10H2,1-2H3,(H,30,31). The number of halogens is 4. The Morgan fingerprint density at radius 1 is 1.18 bits per heavy atom. The summed E-state index contributed by atoms with van der Waals surface area (Å²) in [5.74, 6) is -1.40. The molecule has 4 rings (SSSR count). The van der Waals surface area contributed by atoms with Gasteiger partial charge in [-0.3, -0.25) is 4.79 Å². The van der Waals surface area contributed by atoms with Crippen molar-refractivity contribution in [3.63, 3.8) is 0 Å². The Hall–Kier alpha value is -2.92. The summed E-state index contributed by atoms with van der Waals surface area (Å²) in [5, 5.41) is 9.32. The molecule has 0 spiro atoms. The minimum atomic E-state index is -4.75. The molecule has 0 saturated carbocycles. The van der Waals surface area contributed by atoms with Crippen molar-refractivity contribution in [1.29, 1.82) is 0 Å². The lowest BCUT2D eigenvalue weighted by Gasteiger charge is -2.08.